The first-order valence-corrected chi connectivity index (χ1v) is 8.15. The molecule has 0 bridgehead atoms. The Balaban J connectivity index is 2.20. The lowest BCUT2D eigenvalue weighted by Crippen LogP contribution is -2.41. The number of hydrogen-bond donors (Lipinski definition) is 0. The van der Waals surface area contributed by atoms with Gasteiger partial charge in [-0.05, 0) is 18.9 Å². The second-order valence-electron chi connectivity index (χ2n) is 6.08. The first-order valence-electron chi connectivity index (χ1n) is 8.15. The predicted molar refractivity (Wildman–Crippen MR) is 89.2 cm³/mol. The molecule has 2 unspecified atom stereocenters. The van der Waals surface area contributed by atoms with Crippen LogP contribution in [0.1, 0.15) is 30.1 Å². The zero-order valence-electron chi connectivity index (χ0n) is 14.3. The quantitative estimate of drug-likeness (QED) is 0.424. The van der Waals surface area contributed by atoms with Crippen molar-refractivity contribution in [2.24, 2.45) is 5.92 Å². The lowest BCUT2D eigenvalue weighted by molar-refractivity contribution is -0.384. The largest absolute Gasteiger partial charge is 0.469 e. The SMILES string of the molecule is COC(=O)C(C)CN(CC1CCCO1)C(=O)c1cccc([N+](=O)[O-])c1. The van der Waals surface area contributed by atoms with Gasteiger partial charge in [-0.1, -0.05) is 13.0 Å². The van der Waals surface area contributed by atoms with Crippen LogP contribution in [0.4, 0.5) is 5.69 Å². The topological polar surface area (TPSA) is 99.0 Å². The van der Waals surface area contributed by atoms with Crippen LogP contribution in [-0.2, 0) is 14.3 Å². The van der Waals surface area contributed by atoms with Crippen LogP contribution in [-0.4, -0.2) is 54.6 Å². The van der Waals surface area contributed by atoms with E-state index in [2.05, 4.69) is 0 Å². The van der Waals surface area contributed by atoms with Crippen molar-refractivity contribution in [3.63, 3.8) is 0 Å². The minimum Gasteiger partial charge on any atom is -0.469 e. The number of methoxy groups -OCH3 is 1. The third-order valence-electron chi connectivity index (χ3n) is 4.14. The molecule has 1 heterocycles. The molecule has 1 aliphatic heterocycles. The smallest absolute Gasteiger partial charge is 0.310 e. The van der Waals surface area contributed by atoms with Crippen molar-refractivity contribution in [2.45, 2.75) is 25.9 Å². The molecule has 0 N–H and O–H groups in total. The van der Waals surface area contributed by atoms with Gasteiger partial charge in [0.1, 0.15) is 0 Å². The monoisotopic (exact) mass is 350 g/mol. The van der Waals surface area contributed by atoms with E-state index in [0.717, 1.165) is 12.8 Å². The van der Waals surface area contributed by atoms with Crippen molar-refractivity contribution < 1.29 is 24.0 Å². The predicted octanol–water partition coefficient (Wildman–Crippen LogP) is 2.03. The number of carbonyl (C=O) groups excluding carboxylic acids is 2. The minimum atomic E-state index is -0.543. The van der Waals surface area contributed by atoms with Crippen molar-refractivity contribution >= 4 is 17.6 Å². The lowest BCUT2D eigenvalue weighted by Gasteiger charge is -2.27. The van der Waals surface area contributed by atoms with Gasteiger partial charge in [0.25, 0.3) is 11.6 Å². The van der Waals surface area contributed by atoms with Gasteiger partial charge in [-0.25, -0.2) is 0 Å². The average Bonchev–Trinajstić information content (AvgIpc) is 3.12. The number of nitro benzene ring substituents is 1. The summed E-state index contributed by atoms with van der Waals surface area (Å²) in [6.45, 7) is 2.82. The summed E-state index contributed by atoms with van der Waals surface area (Å²) in [5, 5.41) is 10.9. The zero-order chi connectivity index (χ0) is 18.4. The lowest BCUT2D eigenvalue weighted by atomic mass is 10.1. The van der Waals surface area contributed by atoms with E-state index >= 15 is 0 Å². The summed E-state index contributed by atoms with van der Waals surface area (Å²) in [7, 11) is 1.30. The fraction of sp³-hybridized carbons (Fsp3) is 0.529. The Labute approximate surface area is 145 Å². The molecule has 1 fully saturated rings. The second-order valence-corrected chi connectivity index (χ2v) is 6.08. The molecule has 2 atom stereocenters. The minimum absolute atomic E-state index is 0.0903. The van der Waals surface area contributed by atoms with Gasteiger partial charge in [0.05, 0.1) is 24.1 Å². The summed E-state index contributed by atoms with van der Waals surface area (Å²) in [5.41, 5.74) is 0.0631. The number of carbonyl (C=O) groups is 2. The van der Waals surface area contributed by atoms with Crippen LogP contribution in [0.15, 0.2) is 24.3 Å². The number of nitro groups is 1. The highest BCUT2D eigenvalue weighted by Gasteiger charge is 2.27. The standard InChI is InChI=1S/C17H22N2O6/c1-12(17(21)24-2)10-18(11-15-7-4-8-25-15)16(20)13-5-3-6-14(9-13)19(22)23/h3,5-6,9,12,15H,4,7-8,10-11H2,1-2H3. The van der Waals surface area contributed by atoms with Crippen molar-refractivity contribution in [3.8, 4) is 0 Å². The molecule has 2 rings (SSSR count). The normalized spacial score (nSPS) is 17.8. The van der Waals surface area contributed by atoms with Gasteiger partial charge in [-0.3, -0.25) is 19.7 Å². The van der Waals surface area contributed by atoms with E-state index in [1.165, 1.54) is 36.3 Å². The van der Waals surface area contributed by atoms with Gasteiger partial charge in [0.15, 0.2) is 0 Å². The molecule has 0 spiro atoms. The fourth-order valence-electron chi connectivity index (χ4n) is 2.82. The van der Waals surface area contributed by atoms with Crippen LogP contribution in [0.2, 0.25) is 0 Å². The number of esters is 1. The van der Waals surface area contributed by atoms with Gasteiger partial charge in [-0.15, -0.1) is 0 Å². The third-order valence-corrected chi connectivity index (χ3v) is 4.14. The first-order chi connectivity index (χ1) is 11.9. The van der Waals surface area contributed by atoms with E-state index < -0.39 is 16.8 Å². The van der Waals surface area contributed by atoms with Crippen LogP contribution in [0.3, 0.4) is 0 Å². The maximum Gasteiger partial charge on any atom is 0.310 e. The van der Waals surface area contributed by atoms with E-state index in [-0.39, 0.29) is 29.8 Å². The number of rotatable bonds is 7. The van der Waals surface area contributed by atoms with Gasteiger partial charge >= 0.3 is 5.97 Å². The Bertz CT molecular complexity index is 642. The van der Waals surface area contributed by atoms with Gasteiger partial charge in [-0.2, -0.15) is 0 Å². The number of nitrogens with zero attached hydrogens (tertiary/aromatic N) is 2. The molecular weight excluding hydrogens is 328 g/mol. The Kier molecular flexibility index (Phi) is 6.46. The Morgan fingerprint density at radius 2 is 2.24 bits per heavy atom. The summed E-state index contributed by atoms with van der Waals surface area (Å²) in [6.07, 6.45) is 1.67. The molecule has 8 nitrogen and oxygen atoms in total. The fourth-order valence-corrected chi connectivity index (χ4v) is 2.82. The maximum atomic E-state index is 12.8. The molecule has 1 aromatic carbocycles. The molecule has 8 heteroatoms. The van der Waals surface area contributed by atoms with E-state index in [9.17, 15) is 19.7 Å². The molecule has 136 valence electrons. The Hall–Kier alpha value is -2.48. The van der Waals surface area contributed by atoms with Gasteiger partial charge in [0.2, 0.25) is 0 Å². The first kappa shape index (κ1) is 18.9. The highest BCUT2D eigenvalue weighted by atomic mass is 16.6. The number of ether oxygens (including phenoxy) is 2. The molecule has 25 heavy (non-hydrogen) atoms. The zero-order valence-corrected chi connectivity index (χ0v) is 14.3. The van der Waals surface area contributed by atoms with E-state index in [4.69, 9.17) is 9.47 Å². The molecule has 1 aliphatic rings. The molecule has 0 aromatic heterocycles. The molecule has 1 saturated heterocycles. The Morgan fingerprint density at radius 1 is 1.48 bits per heavy atom. The van der Waals surface area contributed by atoms with Gasteiger partial charge < -0.3 is 14.4 Å². The molecule has 0 aliphatic carbocycles. The van der Waals surface area contributed by atoms with E-state index in [1.54, 1.807) is 6.92 Å². The van der Waals surface area contributed by atoms with E-state index in [0.29, 0.717) is 13.2 Å². The maximum absolute atomic E-state index is 12.8. The summed E-state index contributed by atoms with van der Waals surface area (Å²) < 4.78 is 10.3. The van der Waals surface area contributed by atoms with E-state index in [1.807, 2.05) is 0 Å². The highest BCUT2D eigenvalue weighted by Crippen LogP contribution is 2.19. The van der Waals surface area contributed by atoms with Crippen LogP contribution in [0.5, 0.6) is 0 Å². The van der Waals surface area contributed by atoms with Crippen LogP contribution >= 0.6 is 0 Å². The number of hydrogen-bond acceptors (Lipinski definition) is 6. The van der Waals surface area contributed by atoms with Crippen molar-refractivity contribution in [1.29, 1.82) is 0 Å². The van der Waals surface area contributed by atoms with Crippen LogP contribution in [0, 0.1) is 16.0 Å². The second kappa shape index (κ2) is 8.57. The summed E-state index contributed by atoms with van der Waals surface area (Å²) in [5.74, 6) is -1.28. The summed E-state index contributed by atoms with van der Waals surface area (Å²) in [4.78, 5) is 36.5. The average molecular weight is 350 g/mol. The number of non-ortho nitro benzene ring substituents is 1. The highest BCUT2D eigenvalue weighted by molar-refractivity contribution is 5.95. The van der Waals surface area contributed by atoms with Crippen LogP contribution in [0.25, 0.3) is 0 Å². The van der Waals surface area contributed by atoms with Crippen molar-refractivity contribution in [1.82, 2.24) is 4.90 Å². The summed E-state index contributed by atoms with van der Waals surface area (Å²) in [6, 6.07) is 5.58. The molecule has 1 aromatic rings. The number of amides is 1. The number of benzene rings is 1. The summed E-state index contributed by atoms with van der Waals surface area (Å²) >= 11 is 0. The molecule has 1 amide bonds. The molecule has 0 saturated carbocycles. The van der Waals surface area contributed by atoms with Crippen molar-refractivity contribution in [2.75, 3.05) is 26.8 Å². The molecule has 0 radical (unpaired) electrons. The Morgan fingerprint density at radius 3 is 2.84 bits per heavy atom. The van der Waals surface area contributed by atoms with Gasteiger partial charge in [0, 0.05) is 37.4 Å². The third kappa shape index (κ3) is 4.99. The molecular formula is C17H22N2O6. The van der Waals surface area contributed by atoms with Crippen LogP contribution < -0.4 is 0 Å². The van der Waals surface area contributed by atoms with Crippen molar-refractivity contribution in [3.05, 3.63) is 39.9 Å².